The average molecular weight is 253 g/mol. The maximum atomic E-state index is 11.6. The van der Waals surface area contributed by atoms with Gasteiger partial charge in [-0.05, 0) is 39.8 Å². The molecular formula is C12H19N3O3. The van der Waals surface area contributed by atoms with Gasteiger partial charge in [0.25, 0.3) is 0 Å². The molecule has 0 aliphatic rings. The number of hydrogen-bond acceptors (Lipinski definition) is 5. The van der Waals surface area contributed by atoms with E-state index in [0.29, 0.717) is 17.1 Å². The van der Waals surface area contributed by atoms with Gasteiger partial charge in [0.15, 0.2) is 0 Å². The monoisotopic (exact) mass is 253 g/mol. The van der Waals surface area contributed by atoms with Crippen LogP contribution < -0.4 is 11.1 Å². The Morgan fingerprint density at radius 3 is 2.61 bits per heavy atom. The fourth-order valence-electron chi connectivity index (χ4n) is 1.34. The van der Waals surface area contributed by atoms with Crippen molar-refractivity contribution in [2.75, 3.05) is 5.32 Å². The number of nitrogens with zero attached hydrogens (tertiary/aromatic N) is 1. The summed E-state index contributed by atoms with van der Waals surface area (Å²) in [5.74, 6) is 0. The molecule has 100 valence electrons. The maximum absolute atomic E-state index is 11.6. The summed E-state index contributed by atoms with van der Waals surface area (Å²) in [6.45, 7) is 7.07. The van der Waals surface area contributed by atoms with Gasteiger partial charge in [0, 0.05) is 11.4 Å². The first-order valence-electron chi connectivity index (χ1n) is 5.59. The molecule has 4 N–H and O–H groups in total. The summed E-state index contributed by atoms with van der Waals surface area (Å²) in [5, 5.41) is 11.8. The molecule has 1 atom stereocenters. The van der Waals surface area contributed by atoms with Crippen LogP contribution >= 0.6 is 0 Å². The van der Waals surface area contributed by atoms with E-state index >= 15 is 0 Å². The number of aliphatic hydroxyl groups is 1. The third-order valence-corrected chi connectivity index (χ3v) is 1.92. The van der Waals surface area contributed by atoms with Crippen LogP contribution in [0, 0.1) is 6.92 Å². The molecule has 1 rings (SSSR count). The zero-order valence-electron chi connectivity index (χ0n) is 11.0. The number of pyridine rings is 1. The molecule has 1 unspecified atom stereocenters. The van der Waals surface area contributed by atoms with Crippen molar-refractivity contribution in [1.29, 1.82) is 0 Å². The number of amides is 1. The van der Waals surface area contributed by atoms with E-state index in [1.54, 1.807) is 33.8 Å². The number of nitrogens with one attached hydrogen (secondary N) is 1. The molecule has 18 heavy (non-hydrogen) atoms. The molecule has 0 aromatic carbocycles. The Morgan fingerprint density at radius 2 is 2.11 bits per heavy atom. The molecule has 0 spiro atoms. The molecule has 1 heterocycles. The van der Waals surface area contributed by atoms with Gasteiger partial charge in [-0.25, -0.2) is 4.79 Å². The van der Waals surface area contributed by atoms with Crippen LogP contribution in [0.5, 0.6) is 0 Å². The number of hydrogen-bond donors (Lipinski definition) is 3. The van der Waals surface area contributed by atoms with Crippen molar-refractivity contribution >= 4 is 11.8 Å². The molecule has 6 nitrogen and oxygen atoms in total. The maximum Gasteiger partial charge on any atom is 0.412 e. The molecule has 0 aliphatic heterocycles. The Bertz CT molecular complexity index is 439. The minimum Gasteiger partial charge on any atom is -0.444 e. The van der Waals surface area contributed by atoms with Crippen LogP contribution in [0.4, 0.5) is 10.5 Å². The first-order chi connectivity index (χ1) is 8.17. The van der Waals surface area contributed by atoms with Crippen LogP contribution in [0.15, 0.2) is 12.1 Å². The number of nitrogens with two attached hydrogens (primary N) is 1. The smallest absolute Gasteiger partial charge is 0.412 e. The van der Waals surface area contributed by atoms with E-state index < -0.39 is 17.9 Å². The highest BCUT2D eigenvalue weighted by atomic mass is 16.6. The first kappa shape index (κ1) is 14.4. The van der Waals surface area contributed by atoms with E-state index in [2.05, 4.69) is 10.3 Å². The number of aliphatic hydroxyl groups excluding tert-OH is 1. The van der Waals surface area contributed by atoms with E-state index in [9.17, 15) is 9.90 Å². The highest BCUT2D eigenvalue weighted by Gasteiger charge is 2.16. The average Bonchev–Trinajstić information content (AvgIpc) is 2.12. The van der Waals surface area contributed by atoms with Crippen molar-refractivity contribution < 1.29 is 14.6 Å². The molecule has 1 amide bonds. The molecule has 0 saturated carbocycles. The van der Waals surface area contributed by atoms with Gasteiger partial charge >= 0.3 is 6.09 Å². The van der Waals surface area contributed by atoms with E-state index in [1.807, 2.05) is 0 Å². The van der Waals surface area contributed by atoms with Crippen LogP contribution in [0.2, 0.25) is 0 Å². The normalized spacial score (nSPS) is 13.0. The molecular weight excluding hydrogens is 234 g/mol. The number of aryl methyl sites for hydroxylation is 1. The summed E-state index contributed by atoms with van der Waals surface area (Å²) in [5.41, 5.74) is 6.18. The lowest BCUT2D eigenvalue weighted by Gasteiger charge is -2.20. The zero-order valence-corrected chi connectivity index (χ0v) is 11.0. The van der Waals surface area contributed by atoms with E-state index in [-0.39, 0.29) is 0 Å². The lowest BCUT2D eigenvalue weighted by Crippen LogP contribution is -2.27. The van der Waals surface area contributed by atoms with Crippen LogP contribution in [-0.4, -0.2) is 21.8 Å². The topological polar surface area (TPSA) is 97.5 Å². The van der Waals surface area contributed by atoms with Gasteiger partial charge in [0.1, 0.15) is 11.8 Å². The molecule has 0 bridgehead atoms. The third-order valence-electron chi connectivity index (χ3n) is 1.92. The molecule has 1 aromatic rings. The minimum atomic E-state index is -1.18. The standard InChI is InChI=1S/C12H19N3O3/c1-7-5-8(6-9(14-7)10(13)16)15-11(17)18-12(2,3)4/h5-6,10,16H,13H2,1-4H3,(H,14,15,17). The Kier molecular flexibility index (Phi) is 4.26. The van der Waals surface area contributed by atoms with Crippen molar-refractivity contribution in [1.82, 2.24) is 4.98 Å². The van der Waals surface area contributed by atoms with Crippen LogP contribution in [-0.2, 0) is 4.74 Å². The molecule has 0 aliphatic carbocycles. The Balaban J connectivity index is 2.82. The highest BCUT2D eigenvalue weighted by molar-refractivity contribution is 5.84. The Hall–Kier alpha value is -1.66. The van der Waals surface area contributed by atoms with Crippen LogP contribution in [0.1, 0.15) is 38.4 Å². The number of anilines is 1. The lowest BCUT2D eigenvalue weighted by molar-refractivity contribution is 0.0636. The number of ether oxygens (including phenoxy) is 1. The molecule has 0 saturated heterocycles. The SMILES string of the molecule is Cc1cc(NC(=O)OC(C)(C)C)cc(C(N)O)n1. The first-order valence-corrected chi connectivity index (χ1v) is 5.59. The van der Waals surface area contributed by atoms with Gasteiger partial charge < -0.3 is 15.6 Å². The highest BCUT2D eigenvalue weighted by Crippen LogP contribution is 2.16. The molecule has 6 heteroatoms. The van der Waals surface area contributed by atoms with Crippen molar-refractivity contribution in [2.24, 2.45) is 5.73 Å². The molecule has 1 aromatic heterocycles. The van der Waals surface area contributed by atoms with E-state index in [0.717, 1.165) is 0 Å². The van der Waals surface area contributed by atoms with Crippen molar-refractivity contribution in [3.8, 4) is 0 Å². The van der Waals surface area contributed by atoms with Crippen molar-refractivity contribution in [3.63, 3.8) is 0 Å². The van der Waals surface area contributed by atoms with Crippen molar-refractivity contribution in [2.45, 2.75) is 39.5 Å². The molecule has 0 fully saturated rings. The summed E-state index contributed by atoms with van der Waals surface area (Å²) in [6, 6.07) is 3.16. The van der Waals surface area contributed by atoms with Gasteiger partial charge in [-0.15, -0.1) is 0 Å². The number of carbonyl (C=O) groups is 1. The summed E-state index contributed by atoms with van der Waals surface area (Å²) >= 11 is 0. The van der Waals surface area contributed by atoms with Gasteiger partial charge in [-0.2, -0.15) is 0 Å². The minimum absolute atomic E-state index is 0.293. The summed E-state index contributed by atoms with van der Waals surface area (Å²) < 4.78 is 5.12. The van der Waals surface area contributed by atoms with Crippen LogP contribution in [0.3, 0.4) is 0 Å². The largest absolute Gasteiger partial charge is 0.444 e. The summed E-state index contributed by atoms with van der Waals surface area (Å²) in [4.78, 5) is 15.6. The van der Waals surface area contributed by atoms with Gasteiger partial charge in [0.2, 0.25) is 0 Å². The Morgan fingerprint density at radius 1 is 1.50 bits per heavy atom. The predicted octanol–water partition coefficient (Wildman–Crippen LogP) is 1.69. The fourth-order valence-corrected chi connectivity index (χ4v) is 1.34. The third kappa shape index (κ3) is 4.68. The lowest BCUT2D eigenvalue weighted by atomic mass is 10.2. The Labute approximate surface area is 106 Å². The van der Waals surface area contributed by atoms with E-state index in [1.165, 1.54) is 6.07 Å². The number of carbonyl (C=O) groups excluding carboxylic acids is 1. The molecule has 0 radical (unpaired) electrons. The predicted molar refractivity (Wildman–Crippen MR) is 68.0 cm³/mol. The quantitative estimate of drug-likeness (QED) is 0.697. The second-order valence-corrected chi connectivity index (χ2v) is 4.99. The van der Waals surface area contributed by atoms with Gasteiger partial charge in [-0.3, -0.25) is 10.3 Å². The van der Waals surface area contributed by atoms with Gasteiger partial charge in [-0.1, -0.05) is 0 Å². The van der Waals surface area contributed by atoms with Crippen molar-refractivity contribution in [3.05, 3.63) is 23.5 Å². The second kappa shape index (κ2) is 5.32. The van der Waals surface area contributed by atoms with Crippen LogP contribution in [0.25, 0.3) is 0 Å². The summed E-state index contributed by atoms with van der Waals surface area (Å²) in [7, 11) is 0. The van der Waals surface area contributed by atoms with E-state index in [4.69, 9.17) is 10.5 Å². The fraction of sp³-hybridized carbons (Fsp3) is 0.500. The zero-order chi connectivity index (χ0) is 13.9. The number of aromatic nitrogens is 1. The van der Waals surface area contributed by atoms with Gasteiger partial charge in [0.05, 0.1) is 5.69 Å². The number of rotatable bonds is 2. The summed E-state index contributed by atoms with van der Waals surface area (Å²) in [6.07, 6.45) is -1.74. The second-order valence-electron chi connectivity index (χ2n) is 4.99.